The van der Waals surface area contributed by atoms with Gasteiger partial charge < -0.3 is 0 Å². The van der Waals surface area contributed by atoms with Crippen molar-refractivity contribution in [3.05, 3.63) is 72.8 Å². The molecule has 0 saturated heterocycles. The Kier molecular flexibility index (Phi) is 18.4. The maximum absolute atomic E-state index is 2.74. The van der Waals surface area contributed by atoms with Gasteiger partial charge in [0.05, 0.1) is 0 Å². The number of benzene rings is 3. The second-order valence-corrected chi connectivity index (χ2v) is 17.3. The van der Waals surface area contributed by atoms with Crippen LogP contribution in [-0.2, 0) is 0 Å². The Labute approximate surface area is 289 Å². The molecule has 3 aromatic carbocycles. The molecule has 0 fully saturated rings. The monoisotopic (exact) mass is 687 g/mol. The third-order valence-corrected chi connectivity index (χ3v) is 14.5. The van der Waals surface area contributed by atoms with Gasteiger partial charge >= 0.3 is 290 Å². The molecule has 0 aliphatic heterocycles. The van der Waals surface area contributed by atoms with E-state index in [0.29, 0.717) is 0 Å². The molecule has 0 aromatic heterocycles. The van der Waals surface area contributed by atoms with Gasteiger partial charge in [-0.05, 0) is 0 Å². The van der Waals surface area contributed by atoms with Crippen molar-refractivity contribution < 1.29 is 0 Å². The number of anilines is 3. The molecule has 0 saturated carbocycles. The molecule has 0 spiro atoms. The second kappa shape index (κ2) is 22.2. The summed E-state index contributed by atoms with van der Waals surface area (Å²) in [5.74, 6) is 0. The Morgan fingerprint density at radius 3 is 0.783 bits per heavy atom. The van der Waals surface area contributed by atoms with Crippen molar-refractivity contribution >= 4 is 44.8 Å². The minimum absolute atomic E-state index is 1.14. The summed E-state index contributed by atoms with van der Waals surface area (Å²) in [4.78, 5) is 8.23. The molecule has 4 heteroatoms. The second-order valence-electron chi connectivity index (χ2n) is 12.9. The van der Waals surface area contributed by atoms with Crippen LogP contribution in [0.25, 0.3) is 0 Å². The molecule has 3 nitrogen and oxygen atoms in total. The van der Waals surface area contributed by atoms with Gasteiger partial charge in [0.25, 0.3) is 0 Å². The Hall–Kier alpha value is -2.38. The van der Waals surface area contributed by atoms with E-state index in [4.69, 9.17) is 0 Å². The number of rotatable bonds is 24. The van der Waals surface area contributed by atoms with Crippen LogP contribution in [0.4, 0.5) is 17.1 Å². The molecule has 46 heavy (non-hydrogen) atoms. The SMILES string of the molecule is CCCCN(CCCC)c1ccccc1[As](c1ccccc1N(CCCC)CCCC)c1ccccc1N(CCCC)CCCC. The van der Waals surface area contributed by atoms with E-state index >= 15 is 0 Å². The van der Waals surface area contributed by atoms with Crippen LogP contribution in [0, 0.1) is 0 Å². The molecule has 0 aliphatic rings. The van der Waals surface area contributed by atoms with Crippen molar-refractivity contribution in [2.24, 2.45) is 0 Å². The van der Waals surface area contributed by atoms with Crippen LogP contribution in [0.5, 0.6) is 0 Å². The van der Waals surface area contributed by atoms with Gasteiger partial charge in [0.15, 0.2) is 0 Å². The van der Waals surface area contributed by atoms with Crippen molar-refractivity contribution in [1.82, 2.24) is 0 Å². The van der Waals surface area contributed by atoms with E-state index in [9.17, 15) is 0 Å². The zero-order valence-electron chi connectivity index (χ0n) is 30.4. The van der Waals surface area contributed by atoms with Gasteiger partial charge in [-0.3, -0.25) is 0 Å². The average Bonchev–Trinajstić information content (AvgIpc) is 3.10. The normalized spacial score (nSPS) is 11.3. The molecule has 0 atom stereocenters. The third kappa shape index (κ3) is 11.1. The molecule has 0 unspecified atom stereocenters. The summed E-state index contributed by atoms with van der Waals surface area (Å²) in [6, 6.07) is 28.7. The van der Waals surface area contributed by atoms with Crippen molar-refractivity contribution in [3.8, 4) is 0 Å². The first-order valence-electron chi connectivity index (χ1n) is 19.0. The van der Waals surface area contributed by atoms with E-state index in [1.807, 2.05) is 0 Å². The maximum atomic E-state index is 2.74. The molecule has 3 aromatic rings. The zero-order valence-corrected chi connectivity index (χ0v) is 32.3. The van der Waals surface area contributed by atoms with Crippen LogP contribution >= 0.6 is 0 Å². The molecule has 254 valence electrons. The molecule has 0 radical (unpaired) electrons. The predicted octanol–water partition coefficient (Wildman–Crippen LogP) is 9.42. The quantitative estimate of drug-likeness (QED) is 0.0870. The van der Waals surface area contributed by atoms with Gasteiger partial charge in [0, 0.05) is 0 Å². The summed E-state index contributed by atoms with van der Waals surface area (Å²) in [5.41, 5.74) is 4.45. The van der Waals surface area contributed by atoms with Gasteiger partial charge in [0.2, 0.25) is 0 Å². The van der Waals surface area contributed by atoms with E-state index in [-0.39, 0.29) is 0 Å². The molecular weight excluding hydrogens is 621 g/mol. The molecule has 0 bridgehead atoms. The summed E-state index contributed by atoms with van der Waals surface area (Å²) in [6.07, 6.45) is 14.8. The zero-order chi connectivity index (χ0) is 33.0. The molecule has 0 heterocycles. The van der Waals surface area contributed by atoms with E-state index in [0.717, 1.165) is 39.3 Å². The number of hydrogen-bond acceptors (Lipinski definition) is 3. The van der Waals surface area contributed by atoms with Crippen molar-refractivity contribution in [2.75, 3.05) is 54.0 Å². The van der Waals surface area contributed by atoms with Crippen molar-refractivity contribution in [2.45, 2.75) is 119 Å². The standard InChI is InChI=1S/C42H66AsN3/c1-7-13-31-44(32-14-8-2)40-28-22-19-25-37(40)43(38-26-20-23-29-41(38)45(33-15-9-3)34-16-10-4)39-27-21-24-30-42(39)46(35-17-11-5)36-18-12-6/h19-30H,7-18,31-36H2,1-6H3. The molecule has 0 amide bonds. The Morgan fingerprint density at radius 1 is 0.348 bits per heavy atom. The third-order valence-electron chi connectivity index (χ3n) is 9.08. The summed E-state index contributed by atoms with van der Waals surface area (Å²) in [5, 5.41) is 0. The van der Waals surface area contributed by atoms with Gasteiger partial charge in [-0.25, -0.2) is 0 Å². The topological polar surface area (TPSA) is 9.72 Å². The summed E-state index contributed by atoms with van der Waals surface area (Å²) in [7, 11) is 0. The van der Waals surface area contributed by atoms with E-state index in [1.165, 1.54) is 94.1 Å². The Balaban J connectivity index is 2.34. The van der Waals surface area contributed by atoms with E-state index < -0.39 is 14.7 Å². The number of nitrogens with zero attached hydrogens (tertiary/aromatic N) is 3. The minimum atomic E-state index is -2.03. The Bertz CT molecular complexity index is 1050. The van der Waals surface area contributed by atoms with Crippen molar-refractivity contribution in [1.29, 1.82) is 0 Å². The molecule has 0 aliphatic carbocycles. The fourth-order valence-electron chi connectivity index (χ4n) is 6.30. The van der Waals surface area contributed by atoms with Crippen LogP contribution < -0.4 is 27.8 Å². The number of unbranched alkanes of at least 4 members (excludes halogenated alkanes) is 6. The van der Waals surface area contributed by atoms with Crippen LogP contribution in [0.3, 0.4) is 0 Å². The molecular formula is C42H66AsN3. The fourth-order valence-corrected chi connectivity index (χ4v) is 12.2. The van der Waals surface area contributed by atoms with Crippen LogP contribution in [0.2, 0.25) is 0 Å². The predicted molar refractivity (Wildman–Crippen MR) is 210 cm³/mol. The van der Waals surface area contributed by atoms with Gasteiger partial charge in [-0.1, -0.05) is 0 Å². The van der Waals surface area contributed by atoms with E-state index in [2.05, 4.69) is 129 Å². The Morgan fingerprint density at radius 2 is 0.565 bits per heavy atom. The summed E-state index contributed by atoms with van der Waals surface area (Å²) >= 11 is -2.03. The number of hydrogen-bond donors (Lipinski definition) is 0. The summed E-state index contributed by atoms with van der Waals surface area (Å²) in [6.45, 7) is 20.8. The molecule has 3 rings (SSSR count). The first kappa shape index (κ1) is 38.1. The van der Waals surface area contributed by atoms with Gasteiger partial charge in [0.1, 0.15) is 0 Å². The fraction of sp³-hybridized carbons (Fsp3) is 0.571. The van der Waals surface area contributed by atoms with Gasteiger partial charge in [-0.15, -0.1) is 0 Å². The van der Waals surface area contributed by atoms with Crippen LogP contribution in [0.1, 0.15) is 119 Å². The molecule has 0 N–H and O–H groups in total. The number of para-hydroxylation sites is 3. The van der Waals surface area contributed by atoms with E-state index in [1.54, 1.807) is 13.1 Å². The van der Waals surface area contributed by atoms with Crippen molar-refractivity contribution in [3.63, 3.8) is 0 Å². The van der Waals surface area contributed by atoms with Gasteiger partial charge in [-0.2, -0.15) is 0 Å². The first-order valence-corrected chi connectivity index (χ1v) is 21.8. The van der Waals surface area contributed by atoms with Crippen LogP contribution in [0.15, 0.2) is 72.8 Å². The average molecular weight is 688 g/mol. The first-order chi connectivity index (χ1) is 22.6. The van der Waals surface area contributed by atoms with Crippen LogP contribution in [-0.4, -0.2) is 53.9 Å². The summed E-state index contributed by atoms with van der Waals surface area (Å²) < 4.78 is 4.79.